The van der Waals surface area contributed by atoms with Gasteiger partial charge < -0.3 is 15.6 Å². The van der Waals surface area contributed by atoms with Gasteiger partial charge in [0.05, 0.1) is 16.0 Å². The van der Waals surface area contributed by atoms with Gasteiger partial charge in [0.1, 0.15) is 28.8 Å². The number of fused-ring (bicyclic) bond motifs is 1. The third-order valence-electron chi connectivity index (χ3n) is 6.44. The van der Waals surface area contributed by atoms with Crippen molar-refractivity contribution in [3.05, 3.63) is 67.0 Å². The molecule has 0 radical (unpaired) electrons. The zero-order valence-electron chi connectivity index (χ0n) is 20.3. The molecule has 2 aromatic carbocycles. The monoisotopic (exact) mass is 500 g/mol. The molecular weight excluding hydrogens is 472 g/mol. The summed E-state index contributed by atoms with van der Waals surface area (Å²) in [6, 6.07) is 15.4. The van der Waals surface area contributed by atoms with E-state index in [-0.39, 0.29) is 5.91 Å². The first-order valence-electron chi connectivity index (χ1n) is 11.8. The van der Waals surface area contributed by atoms with Crippen LogP contribution in [0.1, 0.15) is 19.8 Å². The Morgan fingerprint density at radius 3 is 2.31 bits per heavy atom. The second kappa shape index (κ2) is 9.67. The molecule has 0 spiro atoms. The minimum atomic E-state index is -1.16. The van der Waals surface area contributed by atoms with Crippen LogP contribution in [0.5, 0.6) is 0 Å². The summed E-state index contributed by atoms with van der Waals surface area (Å²) >= 11 is 0. The minimum absolute atomic E-state index is 0.220. The van der Waals surface area contributed by atoms with E-state index in [4.69, 9.17) is 5.73 Å². The summed E-state index contributed by atoms with van der Waals surface area (Å²) < 4.78 is 17.0. The van der Waals surface area contributed by atoms with Crippen molar-refractivity contribution in [2.75, 3.05) is 24.1 Å². The zero-order chi connectivity index (χ0) is 25.4. The quantitative estimate of drug-likeness (QED) is 0.379. The number of aryl methyl sites for hydroxylation is 1. The average Bonchev–Trinajstić information content (AvgIpc) is 3.52. The molecule has 1 fully saturated rings. The molecular formula is C27H28N6O2S. The topological polar surface area (TPSA) is 106 Å². The summed E-state index contributed by atoms with van der Waals surface area (Å²) in [4.78, 5) is 21.5. The number of nitrogens with one attached hydrogen (secondary N) is 1. The molecule has 1 atom stereocenters. The number of nitrogen functional groups attached to an aromatic ring is 1. The Bertz CT molecular complexity index is 1490. The van der Waals surface area contributed by atoms with E-state index >= 15 is 0 Å². The summed E-state index contributed by atoms with van der Waals surface area (Å²) in [6.45, 7) is 7.07. The second-order valence-electron chi connectivity index (χ2n) is 8.96. The molecule has 4 aromatic rings. The fraction of sp³-hybridized carbons (Fsp3) is 0.222. The number of carbonyl (C=O) groups excluding carboxylic acids is 1. The van der Waals surface area contributed by atoms with Crippen molar-refractivity contribution in [2.24, 2.45) is 7.05 Å². The molecule has 5 rings (SSSR count). The fourth-order valence-corrected chi connectivity index (χ4v) is 5.84. The second-order valence-corrected chi connectivity index (χ2v) is 10.4. The molecule has 3 N–H and O–H groups in total. The fourth-order valence-electron chi connectivity index (χ4n) is 4.58. The van der Waals surface area contributed by atoms with Crippen molar-refractivity contribution >= 4 is 39.4 Å². The lowest BCUT2D eigenvalue weighted by Gasteiger charge is -2.14. The molecule has 1 amide bonds. The lowest BCUT2D eigenvalue weighted by Crippen LogP contribution is -2.21. The SMILES string of the molecule is C=C(C)C(=O)Nc1ccc(-c2c(-c3ccc(S(=O)N4CCCC4)cc3)c3c(N)ncnc3n2C)cc1. The Balaban J connectivity index is 1.59. The van der Waals surface area contributed by atoms with Crippen LogP contribution in [0.4, 0.5) is 11.5 Å². The van der Waals surface area contributed by atoms with Gasteiger partial charge in [-0.1, -0.05) is 30.8 Å². The van der Waals surface area contributed by atoms with Crippen molar-refractivity contribution in [1.82, 2.24) is 18.8 Å². The van der Waals surface area contributed by atoms with Gasteiger partial charge in [0.2, 0.25) is 0 Å². The van der Waals surface area contributed by atoms with Crippen molar-refractivity contribution in [3.63, 3.8) is 0 Å². The molecule has 0 bridgehead atoms. The molecule has 1 saturated heterocycles. The number of benzene rings is 2. The van der Waals surface area contributed by atoms with Gasteiger partial charge in [-0.15, -0.1) is 0 Å². The van der Waals surface area contributed by atoms with Gasteiger partial charge >= 0.3 is 0 Å². The van der Waals surface area contributed by atoms with Gasteiger partial charge in [-0.25, -0.2) is 18.5 Å². The molecule has 0 saturated carbocycles. The molecule has 184 valence electrons. The Kier molecular flexibility index (Phi) is 6.42. The van der Waals surface area contributed by atoms with Gasteiger partial charge in [0.15, 0.2) is 0 Å². The number of anilines is 2. The maximum absolute atomic E-state index is 13.0. The predicted octanol–water partition coefficient (Wildman–Crippen LogP) is 4.52. The highest BCUT2D eigenvalue weighted by molar-refractivity contribution is 7.82. The van der Waals surface area contributed by atoms with Crippen molar-refractivity contribution < 1.29 is 9.00 Å². The van der Waals surface area contributed by atoms with Crippen LogP contribution in [0.2, 0.25) is 0 Å². The smallest absolute Gasteiger partial charge is 0.250 e. The van der Waals surface area contributed by atoms with Crippen LogP contribution in [0, 0.1) is 0 Å². The zero-order valence-corrected chi connectivity index (χ0v) is 21.1. The molecule has 9 heteroatoms. The van der Waals surface area contributed by atoms with Crippen LogP contribution < -0.4 is 11.1 Å². The number of nitrogens with zero attached hydrogens (tertiary/aromatic N) is 4. The number of aromatic nitrogens is 3. The highest BCUT2D eigenvalue weighted by Gasteiger charge is 2.23. The van der Waals surface area contributed by atoms with E-state index in [1.807, 2.05) is 64.5 Å². The standard InChI is InChI=1S/C27H28N6O2S/c1-17(2)27(34)31-20-10-6-19(7-11-20)24-22(23-25(28)29-16-30-26(23)32(24)3)18-8-12-21(13-9-18)36(35)33-14-4-5-15-33/h6-13,16H,1,4-5,14-15H2,2-3H3,(H,31,34)(H2,28,29,30). The molecule has 1 aliphatic heterocycles. The number of amides is 1. The molecule has 3 heterocycles. The average molecular weight is 501 g/mol. The Labute approximate surface area is 212 Å². The molecule has 0 aliphatic carbocycles. The predicted molar refractivity (Wildman–Crippen MR) is 144 cm³/mol. The van der Waals surface area contributed by atoms with Crippen molar-refractivity contribution in [1.29, 1.82) is 0 Å². The van der Waals surface area contributed by atoms with Gasteiger partial charge in [-0.2, -0.15) is 0 Å². The van der Waals surface area contributed by atoms with Crippen LogP contribution >= 0.6 is 0 Å². The molecule has 2 aromatic heterocycles. The van der Waals surface area contributed by atoms with Crippen LogP contribution in [0.3, 0.4) is 0 Å². The first kappa shape index (κ1) is 23.9. The van der Waals surface area contributed by atoms with Gasteiger partial charge in [-0.3, -0.25) is 4.79 Å². The Hall–Kier alpha value is -3.82. The Morgan fingerprint density at radius 1 is 1.03 bits per heavy atom. The lowest BCUT2D eigenvalue weighted by atomic mass is 9.98. The number of carbonyl (C=O) groups is 1. The van der Waals surface area contributed by atoms with E-state index in [9.17, 15) is 9.00 Å². The third kappa shape index (κ3) is 4.31. The van der Waals surface area contributed by atoms with E-state index in [0.717, 1.165) is 64.2 Å². The minimum Gasteiger partial charge on any atom is -0.383 e. The number of hydrogen-bond acceptors (Lipinski definition) is 5. The van der Waals surface area contributed by atoms with Crippen molar-refractivity contribution in [3.8, 4) is 22.4 Å². The van der Waals surface area contributed by atoms with Crippen LogP contribution in [-0.2, 0) is 22.8 Å². The van der Waals surface area contributed by atoms with Gasteiger partial charge in [0.25, 0.3) is 5.91 Å². The van der Waals surface area contributed by atoms with Crippen molar-refractivity contribution in [2.45, 2.75) is 24.7 Å². The normalized spacial score (nSPS) is 14.7. The van der Waals surface area contributed by atoms with E-state index in [2.05, 4.69) is 21.9 Å². The summed E-state index contributed by atoms with van der Waals surface area (Å²) in [6.07, 6.45) is 3.63. The largest absolute Gasteiger partial charge is 0.383 e. The third-order valence-corrected chi connectivity index (χ3v) is 7.95. The molecule has 36 heavy (non-hydrogen) atoms. The molecule has 1 unspecified atom stereocenters. The summed E-state index contributed by atoms with van der Waals surface area (Å²) in [5, 5.41) is 3.60. The number of rotatable bonds is 6. The first-order chi connectivity index (χ1) is 17.3. The van der Waals surface area contributed by atoms with Gasteiger partial charge in [-0.05, 0) is 55.2 Å². The van der Waals surface area contributed by atoms with Crippen LogP contribution in [0.25, 0.3) is 33.4 Å². The van der Waals surface area contributed by atoms with E-state index < -0.39 is 11.0 Å². The summed E-state index contributed by atoms with van der Waals surface area (Å²) in [7, 11) is 0.781. The summed E-state index contributed by atoms with van der Waals surface area (Å²) in [5.74, 6) is 0.175. The first-order valence-corrected chi connectivity index (χ1v) is 12.9. The van der Waals surface area contributed by atoms with Gasteiger partial charge in [0, 0.05) is 37.0 Å². The Morgan fingerprint density at radius 2 is 1.67 bits per heavy atom. The van der Waals surface area contributed by atoms with E-state index in [0.29, 0.717) is 17.1 Å². The van der Waals surface area contributed by atoms with E-state index in [1.165, 1.54) is 6.33 Å². The highest BCUT2D eigenvalue weighted by atomic mass is 32.2. The maximum Gasteiger partial charge on any atom is 0.250 e. The van der Waals surface area contributed by atoms with Crippen LogP contribution in [-0.4, -0.2) is 42.0 Å². The number of nitrogens with two attached hydrogens (primary N) is 1. The maximum atomic E-state index is 13.0. The molecule has 1 aliphatic rings. The lowest BCUT2D eigenvalue weighted by molar-refractivity contribution is -0.112. The molecule has 8 nitrogen and oxygen atoms in total. The summed E-state index contributed by atoms with van der Waals surface area (Å²) in [5.41, 5.74) is 11.9. The number of hydrogen-bond donors (Lipinski definition) is 2. The van der Waals surface area contributed by atoms with Crippen LogP contribution in [0.15, 0.2) is 71.9 Å². The van der Waals surface area contributed by atoms with E-state index in [1.54, 1.807) is 6.92 Å². The highest BCUT2D eigenvalue weighted by Crippen LogP contribution is 2.42.